The van der Waals surface area contributed by atoms with Gasteiger partial charge in [0.1, 0.15) is 0 Å². The highest BCUT2D eigenvalue weighted by Gasteiger charge is 2.27. The number of nitrogens with zero attached hydrogens (tertiary/aromatic N) is 2. The van der Waals surface area contributed by atoms with E-state index in [4.69, 9.17) is 4.42 Å². The second-order valence-corrected chi connectivity index (χ2v) is 6.56. The second kappa shape index (κ2) is 11.8. The summed E-state index contributed by atoms with van der Waals surface area (Å²) in [6.45, 7) is 8.91. The van der Waals surface area contributed by atoms with E-state index in [2.05, 4.69) is 20.9 Å². The molecule has 1 aromatic rings. The molecule has 0 spiro atoms. The van der Waals surface area contributed by atoms with Crippen LogP contribution in [0.15, 0.2) is 27.8 Å². The molecule has 2 rings (SSSR count). The highest BCUT2D eigenvalue weighted by Crippen LogP contribution is 2.12. The second-order valence-electron chi connectivity index (χ2n) is 6.56. The molecule has 1 saturated heterocycles. The SMILES string of the molecule is CCNC(=NCCNC(=O)c1ccco1)NC1CCN(C(=O)C(C)C)C1.I. The van der Waals surface area contributed by atoms with Gasteiger partial charge in [-0.3, -0.25) is 14.6 Å². The number of carbonyl (C=O) groups excluding carboxylic acids is 2. The molecule has 1 fully saturated rings. The summed E-state index contributed by atoms with van der Waals surface area (Å²) >= 11 is 0. The minimum atomic E-state index is -0.248. The maximum atomic E-state index is 12.1. The summed E-state index contributed by atoms with van der Waals surface area (Å²) in [6.07, 6.45) is 2.37. The van der Waals surface area contributed by atoms with Gasteiger partial charge in [-0.1, -0.05) is 13.8 Å². The lowest BCUT2D eigenvalue weighted by Crippen LogP contribution is -2.45. The molecule has 1 atom stereocenters. The molecule has 1 unspecified atom stereocenters. The van der Waals surface area contributed by atoms with Gasteiger partial charge in [-0.2, -0.15) is 0 Å². The molecule has 2 amide bonds. The molecular formula is C18H30IN5O3. The fourth-order valence-electron chi connectivity index (χ4n) is 2.79. The Kier molecular flexibility index (Phi) is 10.2. The molecular weight excluding hydrogens is 461 g/mol. The predicted octanol–water partition coefficient (Wildman–Crippen LogP) is 1.44. The van der Waals surface area contributed by atoms with Gasteiger partial charge in [0.25, 0.3) is 5.91 Å². The summed E-state index contributed by atoms with van der Waals surface area (Å²) in [6, 6.07) is 3.48. The summed E-state index contributed by atoms with van der Waals surface area (Å²) < 4.78 is 5.04. The van der Waals surface area contributed by atoms with Crippen LogP contribution < -0.4 is 16.0 Å². The topological polar surface area (TPSA) is 99.0 Å². The van der Waals surface area contributed by atoms with Gasteiger partial charge in [0.15, 0.2) is 11.7 Å². The van der Waals surface area contributed by atoms with Gasteiger partial charge in [0.2, 0.25) is 5.91 Å². The van der Waals surface area contributed by atoms with Crippen LogP contribution in [0.3, 0.4) is 0 Å². The molecule has 1 aliphatic rings. The zero-order chi connectivity index (χ0) is 18.9. The summed E-state index contributed by atoms with van der Waals surface area (Å²) in [7, 11) is 0. The van der Waals surface area contributed by atoms with Crippen molar-refractivity contribution in [2.24, 2.45) is 10.9 Å². The smallest absolute Gasteiger partial charge is 0.287 e. The highest BCUT2D eigenvalue weighted by molar-refractivity contribution is 14.0. The van der Waals surface area contributed by atoms with Gasteiger partial charge in [0.05, 0.1) is 12.8 Å². The van der Waals surface area contributed by atoms with Crippen molar-refractivity contribution in [3.8, 4) is 0 Å². The van der Waals surface area contributed by atoms with Gasteiger partial charge in [0, 0.05) is 38.1 Å². The zero-order valence-corrected chi connectivity index (χ0v) is 18.5. The monoisotopic (exact) mass is 491 g/mol. The number of aliphatic imine (C=N–C) groups is 1. The lowest BCUT2D eigenvalue weighted by Gasteiger charge is -2.20. The summed E-state index contributed by atoms with van der Waals surface area (Å²) in [4.78, 5) is 30.2. The fourth-order valence-corrected chi connectivity index (χ4v) is 2.79. The van der Waals surface area contributed by atoms with Crippen molar-refractivity contribution in [1.82, 2.24) is 20.9 Å². The molecule has 27 heavy (non-hydrogen) atoms. The number of halogens is 1. The predicted molar refractivity (Wildman–Crippen MR) is 115 cm³/mol. The van der Waals surface area contributed by atoms with Crippen LogP contribution in [0.4, 0.5) is 0 Å². The van der Waals surface area contributed by atoms with Crippen LogP contribution in [0.1, 0.15) is 37.7 Å². The fraction of sp³-hybridized carbons (Fsp3) is 0.611. The Bertz CT molecular complexity index is 619. The molecule has 152 valence electrons. The minimum Gasteiger partial charge on any atom is -0.459 e. The van der Waals surface area contributed by atoms with E-state index in [9.17, 15) is 9.59 Å². The lowest BCUT2D eigenvalue weighted by molar-refractivity contribution is -0.133. The Morgan fingerprint density at radius 2 is 2.15 bits per heavy atom. The molecule has 9 heteroatoms. The van der Waals surface area contributed by atoms with E-state index in [1.165, 1.54) is 6.26 Å². The number of nitrogens with one attached hydrogen (secondary N) is 3. The van der Waals surface area contributed by atoms with Gasteiger partial charge in [-0.25, -0.2) is 0 Å². The third kappa shape index (κ3) is 7.39. The molecule has 1 aliphatic heterocycles. The van der Waals surface area contributed by atoms with E-state index in [0.717, 1.165) is 19.5 Å². The molecule has 3 N–H and O–H groups in total. The van der Waals surface area contributed by atoms with E-state index in [1.54, 1.807) is 12.1 Å². The Balaban J connectivity index is 0.00000364. The van der Waals surface area contributed by atoms with Crippen molar-refractivity contribution in [1.29, 1.82) is 0 Å². The minimum absolute atomic E-state index is 0. The molecule has 0 saturated carbocycles. The third-order valence-electron chi connectivity index (χ3n) is 4.09. The maximum Gasteiger partial charge on any atom is 0.287 e. The molecule has 0 bridgehead atoms. The van der Waals surface area contributed by atoms with Crippen LogP contribution in [-0.2, 0) is 4.79 Å². The first-order chi connectivity index (χ1) is 12.5. The molecule has 1 aromatic heterocycles. The Hall–Kier alpha value is -1.78. The number of hydrogen-bond acceptors (Lipinski definition) is 4. The van der Waals surface area contributed by atoms with E-state index in [-0.39, 0.29) is 47.8 Å². The van der Waals surface area contributed by atoms with Gasteiger partial charge in [-0.15, -0.1) is 24.0 Å². The van der Waals surface area contributed by atoms with Crippen molar-refractivity contribution in [3.63, 3.8) is 0 Å². The molecule has 0 aliphatic carbocycles. The molecule has 0 aromatic carbocycles. The number of carbonyl (C=O) groups is 2. The van der Waals surface area contributed by atoms with Crippen molar-refractivity contribution >= 4 is 41.8 Å². The first kappa shape index (κ1) is 23.3. The van der Waals surface area contributed by atoms with Crippen molar-refractivity contribution in [3.05, 3.63) is 24.2 Å². The number of guanidine groups is 1. The van der Waals surface area contributed by atoms with Gasteiger partial charge < -0.3 is 25.3 Å². The van der Waals surface area contributed by atoms with Crippen LogP contribution in [0, 0.1) is 5.92 Å². The Labute approximate surface area is 177 Å². The van der Waals surface area contributed by atoms with Gasteiger partial charge >= 0.3 is 0 Å². The van der Waals surface area contributed by atoms with Crippen LogP contribution in [0.25, 0.3) is 0 Å². The number of likely N-dealkylation sites (tertiary alicyclic amines) is 1. The van der Waals surface area contributed by atoms with Crippen LogP contribution in [0.2, 0.25) is 0 Å². The number of furan rings is 1. The molecule has 8 nitrogen and oxygen atoms in total. The van der Waals surface area contributed by atoms with E-state index in [0.29, 0.717) is 31.4 Å². The molecule has 2 heterocycles. The first-order valence-electron chi connectivity index (χ1n) is 9.16. The average Bonchev–Trinajstić information content (AvgIpc) is 3.29. The zero-order valence-electron chi connectivity index (χ0n) is 16.2. The quantitative estimate of drug-likeness (QED) is 0.232. The van der Waals surface area contributed by atoms with E-state index in [1.807, 2.05) is 25.7 Å². The van der Waals surface area contributed by atoms with Crippen LogP contribution in [-0.4, -0.2) is 61.4 Å². The summed E-state index contributed by atoms with van der Waals surface area (Å²) in [5.74, 6) is 0.954. The normalized spacial score (nSPS) is 16.8. The number of rotatable bonds is 7. The van der Waals surface area contributed by atoms with E-state index >= 15 is 0 Å². The van der Waals surface area contributed by atoms with Crippen LogP contribution >= 0.6 is 24.0 Å². The highest BCUT2D eigenvalue weighted by atomic mass is 127. The number of amides is 2. The molecule has 0 radical (unpaired) electrons. The standard InChI is InChI=1S/C18H29N5O3.HI/c1-4-19-18(21-9-8-20-16(24)15-6-5-11-26-15)22-14-7-10-23(12-14)17(25)13(2)3;/h5-6,11,13-14H,4,7-10,12H2,1-3H3,(H,20,24)(H2,19,21,22);1H. The summed E-state index contributed by atoms with van der Waals surface area (Å²) in [5, 5.41) is 9.33. The first-order valence-corrected chi connectivity index (χ1v) is 9.16. The van der Waals surface area contributed by atoms with E-state index < -0.39 is 0 Å². The Morgan fingerprint density at radius 3 is 2.78 bits per heavy atom. The third-order valence-corrected chi connectivity index (χ3v) is 4.09. The Morgan fingerprint density at radius 1 is 1.37 bits per heavy atom. The van der Waals surface area contributed by atoms with Crippen molar-refractivity contribution in [2.45, 2.75) is 33.2 Å². The largest absolute Gasteiger partial charge is 0.459 e. The summed E-state index contributed by atoms with van der Waals surface area (Å²) in [5.41, 5.74) is 0. The maximum absolute atomic E-state index is 12.1. The van der Waals surface area contributed by atoms with Gasteiger partial charge in [-0.05, 0) is 25.5 Å². The van der Waals surface area contributed by atoms with Crippen molar-refractivity contribution in [2.75, 3.05) is 32.7 Å². The van der Waals surface area contributed by atoms with Crippen molar-refractivity contribution < 1.29 is 14.0 Å². The lowest BCUT2D eigenvalue weighted by atomic mass is 10.2. The number of hydrogen-bond donors (Lipinski definition) is 3. The average molecular weight is 491 g/mol. The van der Waals surface area contributed by atoms with Crippen LogP contribution in [0.5, 0.6) is 0 Å².